The Morgan fingerprint density at radius 1 is 1.19 bits per heavy atom. The first kappa shape index (κ1) is 15.2. The number of halogens is 1. The van der Waals surface area contributed by atoms with Crippen molar-refractivity contribution in [3.63, 3.8) is 0 Å². The Hall–Kier alpha value is -2.22. The fourth-order valence-electron chi connectivity index (χ4n) is 2.08. The predicted octanol–water partition coefficient (Wildman–Crippen LogP) is 3.08. The van der Waals surface area contributed by atoms with Gasteiger partial charge in [-0.2, -0.15) is 5.26 Å². The van der Waals surface area contributed by atoms with Crippen LogP contribution in [0.15, 0.2) is 48.5 Å². The summed E-state index contributed by atoms with van der Waals surface area (Å²) in [6, 6.07) is 15.2. The van der Waals surface area contributed by atoms with E-state index in [1.54, 1.807) is 30.3 Å². The minimum Gasteiger partial charge on any atom is -0.387 e. The SMILES string of the molecule is C[C@H](NCC(O)c1ccc(C#N)cc1)c1cccc(F)c1. The van der Waals surface area contributed by atoms with Crippen LogP contribution in [0.4, 0.5) is 4.39 Å². The number of nitriles is 1. The number of aliphatic hydroxyl groups is 1. The molecule has 2 N–H and O–H groups in total. The predicted molar refractivity (Wildman–Crippen MR) is 78.9 cm³/mol. The lowest BCUT2D eigenvalue weighted by atomic mass is 10.1. The van der Waals surface area contributed by atoms with Crippen LogP contribution in [-0.4, -0.2) is 11.7 Å². The van der Waals surface area contributed by atoms with Crippen molar-refractivity contribution < 1.29 is 9.50 Å². The smallest absolute Gasteiger partial charge is 0.123 e. The van der Waals surface area contributed by atoms with Crippen molar-refractivity contribution in [1.82, 2.24) is 5.32 Å². The average Bonchev–Trinajstić information content (AvgIpc) is 2.52. The molecule has 0 aliphatic heterocycles. The lowest BCUT2D eigenvalue weighted by Crippen LogP contribution is -2.24. The van der Waals surface area contributed by atoms with E-state index in [0.717, 1.165) is 11.1 Å². The maximum absolute atomic E-state index is 13.2. The molecule has 21 heavy (non-hydrogen) atoms. The molecule has 2 rings (SSSR count). The minimum atomic E-state index is -0.672. The third-order valence-corrected chi connectivity index (χ3v) is 3.39. The normalized spacial score (nSPS) is 13.4. The Labute approximate surface area is 123 Å². The van der Waals surface area contributed by atoms with Crippen LogP contribution in [0, 0.1) is 17.1 Å². The van der Waals surface area contributed by atoms with Crippen molar-refractivity contribution in [2.75, 3.05) is 6.54 Å². The standard InChI is InChI=1S/C17H17FN2O/c1-12(15-3-2-4-16(18)9-15)20-11-17(21)14-7-5-13(10-19)6-8-14/h2-9,12,17,20-21H,11H2,1H3/t12-,17?/m0/s1. The first-order valence-corrected chi connectivity index (χ1v) is 6.77. The summed E-state index contributed by atoms with van der Waals surface area (Å²) in [6.07, 6.45) is -0.672. The van der Waals surface area contributed by atoms with Crippen molar-refractivity contribution >= 4 is 0 Å². The molecule has 0 radical (unpaired) electrons. The Bertz CT molecular complexity index is 634. The summed E-state index contributed by atoms with van der Waals surface area (Å²) in [5.74, 6) is -0.270. The quantitative estimate of drug-likeness (QED) is 0.887. The molecular weight excluding hydrogens is 267 g/mol. The third-order valence-electron chi connectivity index (χ3n) is 3.39. The van der Waals surface area contributed by atoms with Crippen molar-refractivity contribution in [3.8, 4) is 6.07 Å². The summed E-state index contributed by atoms with van der Waals surface area (Å²) in [4.78, 5) is 0. The zero-order valence-electron chi connectivity index (χ0n) is 11.8. The van der Waals surface area contributed by atoms with Crippen LogP contribution in [0.1, 0.15) is 35.8 Å². The molecule has 0 fully saturated rings. The lowest BCUT2D eigenvalue weighted by Gasteiger charge is -2.18. The molecule has 0 aromatic heterocycles. The number of hydrogen-bond donors (Lipinski definition) is 2. The molecule has 0 spiro atoms. The highest BCUT2D eigenvalue weighted by Crippen LogP contribution is 2.17. The largest absolute Gasteiger partial charge is 0.387 e. The summed E-state index contributed by atoms with van der Waals surface area (Å²) >= 11 is 0. The van der Waals surface area contributed by atoms with E-state index in [2.05, 4.69) is 5.32 Å². The highest BCUT2D eigenvalue weighted by molar-refractivity contribution is 5.32. The van der Waals surface area contributed by atoms with Gasteiger partial charge in [-0.25, -0.2) is 4.39 Å². The van der Waals surface area contributed by atoms with Gasteiger partial charge in [-0.1, -0.05) is 24.3 Å². The fourth-order valence-corrected chi connectivity index (χ4v) is 2.08. The van der Waals surface area contributed by atoms with Crippen LogP contribution in [0.5, 0.6) is 0 Å². The molecule has 0 saturated carbocycles. The molecule has 1 unspecified atom stereocenters. The maximum Gasteiger partial charge on any atom is 0.123 e. The molecule has 0 heterocycles. The van der Waals surface area contributed by atoms with E-state index in [-0.39, 0.29) is 11.9 Å². The molecule has 2 aromatic carbocycles. The second-order valence-corrected chi connectivity index (χ2v) is 4.93. The fraction of sp³-hybridized carbons (Fsp3) is 0.235. The van der Waals surface area contributed by atoms with Gasteiger partial charge in [0.1, 0.15) is 5.82 Å². The molecule has 0 amide bonds. The topological polar surface area (TPSA) is 56.0 Å². The van der Waals surface area contributed by atoms with E-state index in [4.69, 9.17) is 5.26 Å². The highest BCUT2D eigenvalue weighted by Gasteiger charge is 2.11. The zero-order valence-corrected chi connectivity index (χ0v) is 11.8. The van der Waals surface area contributed by atoms with Crippen LogP contribution < -0.4 is 5.32 Å². The number of benzene rings is 2. The van der Waals surface area contributed by atoms with Crippen LogP contribution in [0.3, 0.4) is 0 Å². The molecule has 0 aliphatic carbocycles. The van der Waals surface area contributed by atoms with Crippen molar-refractivity contribution in [3.05, 3.63) is 71.0 Å². The van der Waals surface area contributed by atoms with Gasteiger partial charge in [-0.3, -0.25) is 0 Å². The van der Waals surface area contributed by atoms with Crippen LogP contribution in [0.25, 0.3) is 0 Å². The monoisotopic (exact) mass is 284 g/mol. The van der Waals surface area contributed by atoms with Gasteiger partial charge >= 0.3 is 0 Å². The van der Waals surface area contributed by atoms with Crippen LogP contribution in [0.2, 0.25) is 0 Å². The number of aliphatic hydroxyl groups excluding tert-OH is 1. The Kier molecular flexibility index (Phi) is 5.04. The Morgan fingerprint density at radius 2 is 1.90 bits per heavy atom. The summed E-state index contributed by atoms with van der Waals surface area (Å²) in [5.41, 5.74) is 2.14. The molecule has 2 aromatic rings. The molecule has 0 aliphatic rings. The van der Waals surface area contributed by atoms with Crippen LogP contribution in [-0.2, 0) is 0 Å². The molecule has 2 atom stereocenters. The first-order chi connectivity index (χ1) is 10.1. The molecule has 0 bridgehead atoms. The molecule has 108 valence electrons. The molecular formula is C17H17FN2O. The van der Waals surface area contributed by atoms with Crippen LogP contribution >= 0.6 is 0 Å². The number of hydrogen-bond acceptors (Lipinski definition) is 3. The third kappa shape index (κ3) is 4.12. The summed E-state index contributed by atoms with van der Waals surface area (Å²) in [6.45, 7) is 2.27. The summed E-state index contributed by atoms with van der Waals surface area (Å²) in [5, 5.41) is 22.0. The number of nitrogens with zero attached hydrogens (tertiary/aromatic N) is 1. The second kappa shape index (κ2) is 6.98. The van der Waals surface area contributed by atoms with E-state index in [0.29, 0.717) is 12.1 Å². The Morgan fingerprint density at radius 3 is 2.52 bits per heavy atom. The van der Waals surface area contributed by atoms with E-state index in [1.165, 1.54) is 12.1 Å². The summed E-state index contributed by atoms with van der Waals surface area (Å²) < 4.78 is 13.2. The minimum absolute atomic E-state index is 0.0614. The maximum atomic E-state index is 13.2. The van der Waals surface area contributed by atoms with E-state index in [9.17, 15) is 9.50 Å². The van der Waals surface area contributed by atoms with Gasteiger partial charge in [0, 0.05) is 12.6 Å². The van der Waals surface area contributed by atoms with E-state index < -0.39 is 6.10 Å². The van der Waals surface area contributed by atoms with Crippen molar-refractivity contribution in [2.45, 2.75) is 19.1 Å². The van der Waals surface area contributed by atoms with Gasteiger partial charge in [-0.15, -0.1) is 0 Å². The molecule has 0 saturated heterocycles. The first-order valence-electron chi connectivity index (χ1n) is 6.77. The van der Waals surface area contributed by atoms with Crippen molar-refractivity contribution in [1.29, 1.82) is 5.26 Å². The summed E-state index contributed by atoms with van der Waals surface area (Å²) in [7, 11) is 0. The average molecular weight is 284 g/mol. The highest BCUT2D eigenvalue weighted by atomic mass is 19.1. The van der Waals surface area contributed by atoms with Gasteiger partial charge < -0.3 is 10.4 Å². The molecule has 3 nitrogen and oxygen atoms in total. The number of rotatable bonds is 5. The van der Waals surface area contributed by atoms with E-state index >= 15 is 0 Å². The van der Waals surface area contributed by atoms with E-state index in [1.807, 2.05) is 19.1 Å². The van der Waals surface area contributed by atoms with Gasteiger partial charge in [0.05, 0.1) is 17.7 Å². The van der Waals surface area contributed by atoms with Gasteiger partial charge in [0.25, 0.3) is 0 Å². The van der Waals surface area contributed by atoms with Gasteiger partial charge in [0.2, 0.25) is 0 Å². The zero-order chi connectivity index (χ0) is 15.2. The van der Waals surface area contributed by atoms with Crippen molar-refractivity contribution in [2.24, 2.45) is 0 Å². The van der Waals surface area contributed by atoms with Gasteiger partial charge in [-0.05, 0) is 42.3 Å². The Balaban J connectivity index is 1.94. The van der Waals surface area contributed by atoms with Gasteiger partial charge in [0.15, 0.2) is 0 Å². The number of nitrogens with one attached hydrogen (secondary N) is 1. The molecule has 4 heteroatoms. The second-order valence-electron chi connectivity index (χ2n) is 4.93. The lowest BCUT2D eigenvalue weighted by molar-refractivity contribution is 0.171.